The molecule has 0 saturated heterocycles. The van der Waals surface area contributed by atoms with Crippen LogP contribution in [-0.2, 0) is 0 Å². The Morgan fingerprint density at radius 3 is 0.966 bits per heavy atom. The van der Waals surface area contributed by atoms with Crippen LogP contribution in [-0.4, -0.2) is 44.9 Å². The first-order valence-corrected chi connectivity index (χ1v) is 31.6. The van der Waals surface area contributed by atoms with Crippen LogP contribution in [0.1, 0.15) is 0 Å². The molecule has 0 aliphatic heterocycles. The van der Waals surface area contributed by atoms with Crippen LogP contribution in [0.15, 0.2) is 255 Å². The first-order chi connectivity index (χ1) is 43.3. The minimum atomic E-state index is 0.189. The van der Waals surface area contributed by atoms with E-state index in [2.05, 4.69) is 182 Å². The zero-order valence-electron chi connectivity index (χ0n) is 46.1. The van der Waals surface area contributed by atoms with Gasteiger partial charge in [-0.15, -0.1) is 34.0 Å². The van der Waals surface area contributed by atoms with Crippen molar-refractivity contribution in [3.63, 3.8) is 0 Å². The van der Waals surface area contributed by atoms with E-state index >= 15 is 0 Å². The Hall–Kier alpha value is -9.76. The Balaban J connectivity index is 0.000000111. The van der Waals surface area contributed by atoms with Crippen LogP contribution in [0.25, 0.3) is 151 Å². The highest BCUT2D eigenvalue weighted by molar-refractivity contribution is 7.26. The molecule has 0 amide bonds. The number of hydrogen-bond acceptors (Lipinski definition) is 12. The van der Waals surface area contributed by atoms with Crippen molar-refractivity contribution in [3.8, 4) is 79.5 Å². The maximum atomic E-state index is 6.36. The summed E-state index contributed by atoms with van der Waals surface area (Å²) < 4.78 is 7.35. The maximum Gasteiger partial charge on any atom is 0.226 e. The van der Waals surface area contributed by atoms with Crippen molar-refractivity contribution in [1.29, 1.82) is 0 Å². The molecule has 9 nitrogen and oxygen atoms in total. The van der Waals surface area contributed by atoms with Gasteiger partial charge in [0.2, 0.25) is 15.9 Å². The number of aromatic nitrogens is 9. The molecule has 6 aromatic heterocycles. The van der Waals surface area contributed by atoms with E-state index in [1.54, 1.807) is 34.0 Å². The molecular formula is C73H42Cl3N9S3. The molecule has 17 rings (SSSR count). The molecule has 0 spiro atoms. The SMILES string of the molecule is Clc1nc(-c2ccc(-c3ccccc3)cc2)nc(-c2cccc3sc4ccccc4c23)n1.Clc1nc(-c2ccc3ccccc3c2)nc(-c2cccc3sc4ccccc4c23)n1.Clc1nc(-c2ccccc2)nc(-c2cccc3sc4ccccc4c23)n1. The zero-order chi connectivity index (χ0) is 59.1. The largest absolute Gasteiger partial charge is 0.226 e. The molecule has 6 heterocycles. The van der Waals surface area contributed by atoms with Gasteiger partial charge in [-0.3, -0.25) is 0 Å². The van der Waals surface area contributed by atoms with Crippen LogP contribution in [0.4, 0.5) is 0 Å². The van der Waals surface area contributed by atoms with Crippen LogP contribution in [0, 0.1) is 0 Å². The lowest BCUT2D eigenvalue weighted by atomic mass is 10.0. The van der Waals surface area contributed by atoms with Crippen LogP contribution < -0.4 is 0 Å². The van der Waals surface area contributed by atoms with E-state index in [9.17, 15) is 0 Å². The molecule has 0 bridgehead atoms. The number of thiophene rings is 3. The molecule has 88 heavy (non-hydrogen) atoms. The van der Waals surface area contributed by atoms with Crippen molar-refractivity contribution in [2.75, 3.05) is 0 Å². The van der Waals surface area contributed by atoms with Crippen molar-refractivity contribution in [2.45, 2.75) is 0 Å². The van der Waals surface area contributed by atoms with E-state index in [4.69, 9.17) is 49.8 Å². The van der Waals surface area contributed by atoms with E-state index in [1.165, 1.54) is 55.3 Å². The van der Waals surface area contributed by atoms with Gasteiger partial charge < -0.3 is 0 Å². The summed E-state index contributed by atoms with van der Waals surface area (Å²) in [5, 5.41) is 9.99. The van der Waals surface area contributed by atoms with Crippen LogP contribution >= 0.6 is 68.8 Å². The number of halogens is 3. The second-order valence-corrected chi connectivity index (χ2v) is 24.7. The molecule has 418 valence electrons. The highest BCUT2D eigenvalue weighted by Gasteiger charge is 2.19. The quantitative estimate of drug-likeness (QED) is 0.154. The van der Waals surface area contributed by atoms with Crippen molar-refractivity contribution < 1.29 is 0 Å². The molecule has 0 unspecified atom stereocenters. The van der Waals surface area contributed by atoms with E-state index in [0.29, 0.717) is 34.9 Å². The topological polar surface area (TPSA) is 116 Å². The molecule has 0 fully saturated rings. The van der Waals surface area contributed by atoms with E-state index in [0.717, 1.165) is 60.5 Å². The summed E-state index contributed by atoms with van der Waals surface area (Å²) in [5.41, 5.74) is 7.96. The number of fused-ring (bicyclic) bond motifs is 10. The summed E-state index contributed by atoms with van der Waals surface area (Å²) in [6, 6.07) is 86.6. The van der Waals surface area contributed by atoms with Gasteiger partial charge >= 0.3 is 0 Å². The second-order valence-electron chi connectivity index (χ2n) is 20.5. The van der Waals surface area contributed by atoms with Crippen LogP contribution in [0.2, 0.25) is 15.9 Å². The number of rotatable bonds is 7. The summed E-state index contributed by atoms with van der Waals surface area (Å²) in [4.78, 5) is 40.8. The van der Waals surface area contributed by atoms with Gasteiger partial charge in [-0.2, -0.15) is 29.9 Å². The lowest BCUT2D eigenvalue weighted by Gasteiger charge is -2.07. The third-order valence-electron chi connectivity index (χ3n) is 15.0. The summed E-state index contributed by atoms with van der Waals surface area (Å²) in [5.74, 6) is 3.49. The Morgan fingerprint density at radius 1 is 0.216 bits per heavy atom. The minimum Gasteiger partial charge on any atom is -0.208 e. The van der Waals surface area contributed by atoms with E-state index in [-0.39, 0.29) is 15.9 Å². The summed E-state index contributed by atoms with van der Waals surface area (Å²) >= 11 is 24.3. The molecule has 0 aliphatic carbocycles. The predicted molar refractivity (Wildman–Crippen MR) is 369 cm³/mol. The van der Waals surface area contributed by atoms with Gasteiger partial charge in [-0.25, -0.2) is 15.0 Å². The first kappa shape index (κ1) is 54.9. The average molecular weight is 1250 g/mol. The molecule has 17 aromatic rings. The third kappa shape index (κ3) is 10.9. The third-order valence-corrected chi connectivity index (χ3v) is 19.0. The van der Waals surface area contributed by atoms with Crippen molar-refractivity contribution in [2.24, 2.45) is 0 Å². The van der Waals surface area contributed by atoms with Crippen LogP contribution in [0.3, 0.4) is 0 Å². The first-order valence-electron chi connectivity index (χ1n) is 28.0. The van der Waals surface area contributed by atoms with Crippen LogP contribution in [0.5, 0.6) is 0 Å². The minimum absolute atomic E-state index is 0.189. The van der Waals surface area contributed by atoms with Gasteiger partial charge in [0.25, 0.3) is 0 Å². The van der Waals surface area contributed by atoms with Gasteiger partial charge in [-0.1, -0.05) is 212 Å². The van der Waals surface area contributed by atoms with E-state index < -0.39 is 0 Å². The van der Waals surface area contributed by atoms with Crippen molar-refractivity contribution >= 4 is 140 Å². The van der Waals surface area contributed by atoms with Gasteiger partial charge in [0, 0.05) is 93.9 Å². The molecule has 0 radical (unpaired) electrons. The Labute approximate surface area is 531 Å². The standard InChI is InChI=1S/C27H16ClN3S.C25H14ClN3S.C21H12ClN3S/c28-27-30-25(19-15-13-18(14-16-19)17-7-2-1-3-8-17)29-26(31-27)21-10-6-12-23-24(21)20-9-4-5-11-22(20)32-23;26-25-28-23(17-13-12-15-6-1-2-7-16(15)14-17)27-24(29-25)19-9-5-11-21-22(19)18-8-3-4-10-20(18)30-21;22-21-24-19(13-7-2-1-3-8-13)23-20(25-21)15-10-6-12-17-18(15)14-9-4-5-11-16(14)26-17/h1-16H;1-14H;1-12H. The van der Waals surface area contributed by atoms with Gasteiger partial charge in [-0.05, 0) is 99.2 Å². The van der Waals surface area contributed by atoms with Gasteiger partial charge in [0.05, 0.1) is 0 Å². The monoisotopic (exact) mass is 1250 g/mol. The fourth-order valence-electron chi connectivity index (χ4n) is 11.0. The summed E-state index contributed by atoms with van der Waals surface area (Å²) in [7, 11) is 0. The molecule has 11 aromatic carbocycles. The van der Waals surface area contributed by atoms with Gasteiger partial charge in [0.15, 0.2) is 34.9 Å². The summed E-state index contributed by atoms with van der Waals surface area (Å²) in [6.07, 6.45) is 0. The molecule has 0 atom stereocenters. The highest BCUT2D eigenvalue weighted by atomic mass is 35.5. The lowest BCUT2D eigenvalue weighted by molar-refractivity contribution is 1.07. The normalized spacial score (nSPS) is 11.4. The molecule has 0 saturated carbocycles. The zero-order valence-corrected chi connectivity index (χ0v) is 50.8. The van der Waals surface area contributed by atoms with Crippen molar-refractivity contribution in [3.05, 3.63) is 271 Å². The maximum absolute atomic E-state index is 6.36. The number of nitrogens with zero attached hydrogens (tertiary/aromatic N) is 9. The molecular weight excluding hydrogens is 1210 g/mol. The van der Waals surface area contributed by atoms with Crippen molar-refractivity contribution in [1.82, 2.24) is 44.9 Å². The fourth-order valence-corrected chi connectivity index (χ4v) is 14.9. The van der Waals surface area contributed by atoms with E-state index in [1.807, 2.05) is 103 Å². The number of hydrogen-bond donors (Lipinski definition) is 0. The number of benzene rings is 11. The van der Waals surface area contributed by atoms with Gasteiger partial charge in [0.1, 0.15) is 0 Å². The molecule has 0 aliphatic rings. The Bertz CT molecular complexity index is 5470. The highest BCUT2D eigenvalue weighted by Crippen LogP contribution is 2.43. The Morgan fingerprint density at radius 2 is 0.523 bits per heavy atom. The fraction of sp³-hybridized carbons (Fsp3) is 0. The lowest BCUT2D eigenvalue weighted by Crippen LogP contribution is -1.97. The smallest absolute Gasteiger partial charge is 0.208 e. The molecule has 0 N–H and O–H groups in total. The second kappa shape index (κ2) is 23.8. The predicted octanol–water partition coefficient (Wildman–Crippen LogP) is 21.5. The Kier molecular flexibility index (Phi) is 14.9. The average Bonchev–Trinajstić information content (AvgIpc) is 1.81. The summed E-state index contributed by atoms with van der Waals surface area (Å²) in [6.45, 7) is 0. The molecule has 15 heteroatoms.